The highest BCUT2D eigenvalue weighted by molar-refractivity contribution is 14.1. The van der Waals surface area contributed by atoms with E-state index in [9.17, 15) is 5.26 Å². The van der Waals surface area contributed by atoms with Crippen LogP contribution < -0.4 is 5.32 Å². The van der Waals surface area contributed by atoms with E-state index < -0.39 is 0 Å². The summed E-state index contributed by atoms with van der Waals surface area (Å²) in [7, 11) is 0. The van der Waals surface area contributed by atoms with E-state index in [0.717, 1.165) is 38.7 Å². The predicted molar refractivity (Wildman–Crippen MR) is 109 cm³/mol. The fraction of sp³-hybridized carbons (Fsp3) is 0.300. The number of aromatic nitrogens is 2. The molecule has 1 aliphatic carbocycles. The van der Waals surface area contributed by atoms with E-state index in [-0.39, 0.29) is 11.5 Å². The van der Waals surface area contributed by atoms with Crippen LogP contribution >= 0.6 is 22.6 Å². The molecule has 0 amide bonds. The lowest BCUT2D eigenvalue weighted by molar-refractivity contribution is 0.406. The molecule has 1 unspecified atom stereocenters. The van der Waals surface area contributed by atoms with Gasteiger partial charge in [-0.2, -0.15) is 10.4 Å². The van der Waals surface area contributed by atoms with Gasteiger partial charge < -0.3 is 5.32 Å². The summed E-state index contributed by atoms with van der Waals surface area (Å²) in [5.74, 6) is 0. The second-order valence-corrected chi connectivity index (χ2v) is 8.38. The van der Waals surface area contributed by atoms with E-state index in [2.05, 4.69) is 82.3 Å². The number of nitriles is 1. The van der Waals surface area contributed by atoms with E-state index >= 15 is 0 Å². The Morgan fingerprint density at radius 3 is 2.92 bits per heavy atom. The largest absolute Gasteiger partial charge is 0.378 e. The van der Waals surface area contributed by atoms with Crippen molar-refractivity contribution in [1.29, 1.82) is 5.26 Å². The first-order valence-corrected chi connectivity index (χ1v) is 9.50. The van der Waals surface area contributed by atoms with E-state index in [1.54, 1.807) is 0 Å². The summed E-state index contributed by atoms with van der Waals surface area (Å²) in [6, 6.07) is 14.9. The van der Waals surface area contributed by atoms with Gasteiger partial charge in [-0.3, -0.25) is 5.10 Å². The second kappa shape index (κ2) is 6.03. The molecule has 0 bridgehead atoms. The van der Waals surface area contributed by atoms with Gasteiger partial charge in [-0.05, 0) is 82.3 Å². The molecule has 25 heavy (non-hydrogen) atoms. The standard InChI is InChI=1S/C20H19IN4/c1-20(2)8-7-17(14-5-3-12(11-22)9-16(14)20)23-13-4-6-18-15(10-13)19(21)25-24-18/h3-6,9-10,17,23H,7-8H2,1-2H3,(H,24,25). The number of hydrogen-bond donors (Lipinski definition) is 2. The zero-order chi connectivity index (χ0) is 17.6. The summed E-state index contributed by atoms with van der Waals surface area (Å²) in [5.41, 5.74) is 5.52. The predicted octanol–water partition coefficient (Wildman–Crippen LogP) is 5.26. The Kier molecular flexibility index (Phi) is 3.95. The number of aromatic amines is 1. The molecule has 1 atom stereocenters. The van der Waals surface area contributed by atoms with Gasteiger partial charge in [0, 0.05) is 11.1 Å². The number of nitrogens with zero attached hydrogens (tertiary/aromatic N) is 2. The van der Waals surface area contributed by atoms with Crippen molar-refractivity contribution in [3.63, 3.8) is 0 Å². The van der Waals surface area contributed by atoms with Gasteiger partial charge in [-0.25, -0.2) is 0 Å². The Hall–Kier alpha value is -2.07. The molecule has 0 saturated heterocycles. The first kappa shape index (κ1) is 16.4. The van der Waals surface area contributed by atoms with Gasteiger partial charge in [-0.1, -0.05) is 19.9 Å². The van der Waals surface area contributed by atoms with Crippen molar-refractivity contribution in [1.82, 2.24) is 10.2 Å². The Balaban J connectivity index is 1.71. The van der Waals surface area contributed by atoms with E-state index in [0.29, 0.717) is 0 Å². The van der Waals surface area contributed by atoms with Crippen molar-refractivity contribution < 1.29 is 0 Å². The molecule has 0 fully saturated rings. The van der Waals surface area contributed by atoms with Gasteiger partial charge in [0.05, 0.1) is 23.2 Å². The average molecular weight is 442 g/mol. The van der Waals surface area contributed by atoms with Gasteiger partial charge >= 0.3 is 0 Å². The summed E-state index contributed by atoms with van der Waals surface area (Å²) in [6.07, 6.45) is 2.17. The van der Waals surface area contributed by atoms with Crippen LogP contribution in [0.4, 0.5) is 5.69 Å². The SMILES string of the molecule is CC1(C)CCC(Nc2ccc3n[nH]c(I)c3c2)c2ccc(C#N)cc21. The van der Waals surface area contributed by atoms with Crippen molar-refractivity contribution in [2.24, 2.45) is 0 Å². The number of fused-ring (bicyclic) bond motifs is 2. The van der Waals surface area contributed by atoms with Crippen LogP contribution in [0.1, 0.15) is 49.4 Å². The molecule has 1 aliphatic rings. The minimum atomic E-state index is 0.101. The Labute approximate surface area is 160 Å². The molecule has 0 aliphatic heterocycles. The molecular weight excluding hydrogens is 423 g/mol. The molecule has 0 saturated carbocycles. The zero-order valence-corrected chi connectivity index (χ0v) is 16.4. The van der Waals surface area contributed by atoms with Gasteiger partial charge in [0.15, 0.2) is 0 Å². The van der Waals surface area contributed by atoms with E-state index in [4.69, 9.17) is 0 Å². The van der Waals surface area contributed by atoms with Crippen molar-refractivity contribution in [2.45, 2.75) is 38.1 Å². The highest BCUT2D eigenvalue weighted by atomic mass is 127. The van der Waals surface area contributed by atoms with Gasteiger partial charge in [0.25, 0.3) is 0 Å². The zero-order valence-electron chi connectivity index (χ0n) is 14.2. The first-order valence-electron chi connectivity index (χ1n) is 8.43. The lowest BCUT2D eigenvalue weighted by Gasteiger charge is -2.38. The third-order valence-electron chi connectivity index (χ3n) is 5.19. The highest BCUT2D eigenvalue weighted by Crippen LogP contribution is 2.43. The van der Waals surface area contributed by atoms with Crippen molar-refractivity contribution in [3.05, 3.63) is 56.8 Å². The minimum Gasteiger partial charge on any atom is -0.378 e. The maximum Gasteiger partial charge on any atom is 0.104 e. The number of halogens is 1. The molecule has 4 rings (SSSR count). The maximum absolute atomic E-state index is 9.24. The van der Waals surface area contributed by atoms with Crippen LogP contribution in [0.5, 0.6) is 0 Å². The van der Waals surface area contributed by atoms with Crippen molar-refractivity contribution in [3.8, 4) is 6.07 Å². The van der Waals surface area contributed by atoms with Gasteiger partial charge in [0.2, 0.25) is 0 Å². The number of benzene rings is 2. The Morgan fingerprint density at radius 2 is 2.12 bits per heavy atom. The van der Waals surface area contributed by atoms with Crippen LogP contribution in [-0.4, -0.2) is 10.2 Å². The lowest BCUT2D eigenvalue weighted by atomic mass is 9.70. The van der Waals surface area contributed by atoms with E-state index in [1.807, 2.05) is 12.1 Å². The summed E-state index contributed by atoms with van der Waals surface area (Å²) in [6.45, 7) is 4.53. The summed E-state index contributed by atoms with van der Waals surface area (Å²) in [4.78, 5) is 0. The summed E-state index contributed by atoms with van der Waals surface area (Å²) >= 11 is 2.28. The van der Waals surface area contributed by atoms with Crippen LogP contribution in [0.3, 0.4) is 0 Å². The topological polar surface area (TPSA) is 64.5 Å². The van der Waals surface area contributed by atoms with Gasteiger partial charge in [0.1, 0.15) is 3.70 Å². The summed E-state index contributed by atoms with van der Waals surface area (Å²) < 4.78 is 1.06. The number of nitrogens with one attached hydrogen (secondary N) is 2. The maximum atomic E-state index is 9.24. The number of hydrogen-bond acceptors (Lipinski definition) is 3. The van der Waals surface area contributed by atoms with Gasteiger partial charge in [-0.15, -0.1) is 0 Å². The molecule has 1 heterocycles. The highest BCUT2D eigenvalue weighted by Gasteiger charge is 2.32. The first-order chi connectivity index (χ1) is 12.0. The van der Waals surface area contributed by atoms with Crippen LogP contribution in [0, 0.1) is 15.0 Å². The molecule has 2 N–H and O–H groups in total. The third-order valence-corrected chi connectivity index (χ3v) is 6.02. The quantitative estimate of drug-likeness (QED) is 0.532. The minimum absolute atomic E-state index is 0.101. The molecule has 2 aromatic carbocycles. The fourth-order valence-corrected chi connectivity index (χ4v) is 4.28. The number of rotatable bonds is 2. The average Bonchev–Trinajstić information content (AvgIpc) is 2.98. The molecule has 0 spiro atoms. The Bertz CT molecular complexity index is 997. The normalized spacial score (nSPS) is 18.6. The van der Waals surface area contributed by atoms with Crippen LogP contribution in [0.2, 0.25) is 0 Å². The molecule has 4 nitrogen and oxygen atoms in total. The van der Waals surface area contributed by atoms with Crippen LogP contribution in [-0.2, 0) is 5.41 Å². The molecule has 3 aromatic rings. The molecule has 5 heteroatoms. The van der Waals surface area contributed by atoms with Crippen LogP contribution in [0.25, 0.3) is 10.9 Å². The second-order valence-electron chi connectivity index (χ2n) is 7.30. The third kappa shape index (κ3) is 2.89. The van der Waals surface area contributed by atoms with E-state index in [1.165, 1.54) is 11.1 Å². The molecule has 1 aromatic heterocycles. The monoisotopic (exact) mass is 442 g/mol. The number of H-pyrrole nitrogens is 1. The lowest BCUT2D eigenvalue weighted by Crippen LogP contribution is -2.29. The Morgan fingerprint density at radius 1 is 1.28 bits per heavy atom. The smallest absolute Gasteiger partial charge is 0.104 e. The van der Waals surface area contributed by atoms with Crippen LogP contribution in [0.15, 0.2) is 36.4 Å². The fourth-order valence-electron chi connectivity index (χ4n) is 3.73. The number of anilines is 1. The molecular formula is C20H19IN4. The van der Waals surface area contributed by atoms with Crippen molar-refractivity contribution >= 4 is 39.2 Å². The van der Waals surface area contributed by atoms with Crippen molar-refractivity contribution in [2.75, 3.05) is 5.32 Å². The summed E-state index contributed by atoms with van der Waals surface area (Å²) in [5, 5.41) is 21.4. The molecule has 0 radical (unpaired) electrons. The molecule has 126 valence electrons.